The lowest BCUT2D eigenvalue weighted by atomic mass is 9.86. The van der Waals surface area contributed by atoms with Crippen molar-refractivity contribution in [3.05, 3.63) is 35.4 Å². The molecule has 1 rings (SSSR count). The molecular formula is C14H20O2. The Hall–Kier alpha value is -1.31. The number of aliphatic carboxylic acids is 1. The van der Waals surface area contributed by atoms with E-state index in [0.717, 1.165) is 6.42 Å². The lowest BCUT2D eigenvalue weighted by Crippen LogP contribution is -2.16. The van der Waals surface area contributed by atoms with Crippen LogP contribution < -0.4 is 0 Å². The smallest absolute Gasteiger partial charge is 0.303 e. The van der Waals surface area contributed by atoms with E-state index >= 15 is 0 Å². The van der Waals surface area contributed by atoms with Crippen molar-refractivity contribution < 1.29 is 9.90 Å². The number of aryl methyl sites for hydroxylation is 1. The molecule has 0 spiro atoms. The molecular weight excluding hydrogens is 200 g/mol. The van der Waals surface area contributed by atoms with Crippen molar-refractivity contribution in [1.29, 1.82) is 0 Å². The van der Waals surface area contributed by atoms with Crippen LogP contribution in [0, 0.1) is 18.8 Å². The van der Waals surface area contributed by atoms with E-state index in [9.17, 15) is 4.79 Å². The lowest BCUT2D eigenvalue weighted by molar-refractivity contribution is -0.138. The monoisotopic (exact) mass is 220 g/mol. The maximum atomic E-state index is 10.8. The van der Waals surface area contributed by atoms with Crippen LogP contribution in [-0.2, 0) is 11.2 Å². The Labute approximate surface area is 97.3 Å². The summed E-state index contributed by atoms with van der Waals surface area (Å²) in [4.78, 5) is 10.8. The Balaban J connectivity index is 2.71. The first-order valence-electron chi connectivity index (χ1n) is 5.76. The van der Waals surface area contributed by atoms with Crippen LogP contribution in [-0.4, -0.2) is 11.1 Å². The number of carbonyl (C=O) groups is 1. The van der Waals surface area contributed by atoms with E-state index in [0.29, 0.717) is 5.92 Å². The number of hydrogen-bond donors (Lipinski definition) is 1. The van der Waals surface area contributed by atoms with Gasteiger partial charge in [-0.1, -0.05) is 43.7 Å². The molecule has 0 amide bonds. The summed E-state index contributed by atoms with van der Waals surface area (Å²) in [5.41, 5.74) is 2.47. The molecule has 1 aromatic carbocycles. The molecule has 0 aliphatic heterocycles. The second-order valence-corrected chi connectivity index (χ2v) is 4.80. The van der Waals surface area contributed by atoms with Gasteiger partial charge in [0.15, 0.2) is 0 Å². The van der Waals surface area contributed by atoms with Crippen LogP contribution >= 0.6 is 0 Å². The van der Waals surface area contributed by atoms with E-state index in [1.807, 2.05) is 6.07 Å². The number of carboxylic acids is 1. The van der Waals surface area contributed by atoms with Gasteiger partial charge < -0.3 is 5.11 Å². The predicted octanol–water partition coefficient (Wildman–Crippen LogP) is 3.28. The molecule has 1 N–H and O–H groups in total. The molecule has 0 aliphatic rings. The summed E-state index contributed by atoms with van der Waals surface area (Å²) >= 11 is 0. The van der Waals surface area contributed by atoms with Gasteiger partial charge >= 0.3 is 5.97 Å². The van der Waals surface area contributed by atoms with Crippen LogP contribution in [0.5, 0.6) is 0 Å². The van der Waals surface area contributed by atoms with E-state index in [1.54, 1.807) is 0 Å². The highest BCUT2D eigenvalue weighted by molar-refractivity contribution is 5.67. The van der Waals surface area contributed by atoms with Gasteiger partial charge in [0, 0.05) is 6.42 Å². The van der Waals surface area contributed by atoms with Crippen molar-refractivity contribution in [1.82, 2.24) is 0 Å². The average Bonchev–Trinajstić information content (AvgIpc) is 2.15. The van der Waals surface area contributed by atoms with E-state index in [-0.39, 0.29) is 12.3 Å². The van der Waals surface area contributed by atoms with Gasteiger partial charge in [-0.25, -0.2) is 0 Å². The first-order valence-corrected chi connectivity index (χ1v) is 5.76. The molecule has 0 saturated heterocycles. The fourth-order valence-corrected chi connectivity index (χ4v) is 1.91. The molecule has 88 valence electrons. The van der Waals surface area contributed by atoms with Crippen LogP contribution in [0.2, 0.25) is 0 Å². The molecule has 0 fully saturated rings. The molecule has 0 aliphatic carbocycles. The maximum Gasteiger partial charge on any atom is 0.303 e. The van der Waals surface area contributed by atoms with Crippen molar-refractivity contribution in [2.75, 3.05) is 0 Å². The van der Waals surface area contributed by atoms with Crippen LogP contribution in [0.25, 0.3) is 0 Å². The zero-order valence-electron chi connectivity index (χ0n) is 10.2. The van der Waals surface area contributed by atoms with E-state index in [4.69, 9.17) is 5.11 Å². The summed E-state index contributed by atoms with van der Waals surface area (Å²) in [5, 5.41) is 8.87. The van der Waals surface area contributed by atoms with Crippen molar-refractivity contribution >= 4 is 5.97 Å². The van der Waals surface area contributed by atoms with Gasteiger partial charge in [-0.2, -0.15) is 0 Å². The summed E-state index contributed by atoms with van der Waals surface area (Å²) in [6, 6.07) is 8.30. The molecule has 0 radical (unpaired) electrons. The normalized spacial score (nSPS) is 12.8. The molecule has 0 bridgehead atoms. The highest BCUT2D eigenvalue weighted by Gasteiger charge is 2.17. The Morgan fingerprint density at radius 3 is 2.56 bits per heavy atom. The predicted molar refractivity (Wildman–Crippen MR) is 65.5 cm³/mol. The minimum atomic E-state index is -0.702. The van der Waals surface area contributed by atoms with Crippen LogP contribution in [0.4, 0.5) is 0 Å². The number of hydrogen-bond acceptors (Lipinski definition) is 1. The fourth-order valence-electron chi connectivity index (χ4n) is 1.91. The van der Waals surface area contributed by atoms with Gasteiger partial charge in [0.25, 0.3) is 0 Å². The van der Waals surface area contributed by atoms with Gasteiger partial charge in [0.05, 0.1) is 0 Å². The SMILES string of the molecule is Cc1cccc(CC(CC(=O)O)C(C)C)c1. The highest BCUT2D eigenvalue weighted by atomic mass is 16.4. The molecule has 16 heavy (non-hydrogen) atoms. The van der Waals surface area contributed by atoms with Gasteiger partial charge in [0.1, 0.15) is 0 Å². The minimum absolute atomic E-state index is 0.222. The molecule has 0 heterocycles. The van der Waals surface area contributed by atoms with Crippen molar-refractivity contribution in [3.63, 3.8) is 0 Å². The highest BCUT2D eigenvalue weighted by Crippen LogP contribution is 2.21. The molecule has 1 unspecified atom stereocenters. The van der Waals surface area contributed by atoms with E-state index in [1.165, 1.54) is 11.1 Å². The van der Waals surface area contributed by atoms with Crippen LogP contribution in [0.15, 0.2) is 24.3 Å². The Morgan fingerprint density at radius 1 is 1.38 bits per heavy atom. The van der Waals surface area contributed by atoms with Gasteiger partial charge in [-0.05, 0) is 30.7 Å². The van der Waals surface area contributed by atoms with E-state index in [2.05, 4.69) is 39.0 Å². The average molecular weight is 220 g/mol. The second-order valence-electron chi connectivity index (χ2n) is 4.80. The lowest BCUT2D eigenvalue weighted by Gasteiger charge is -2.19. The molecule has 2 nitrogen and oxygen atoms in total. The zero-order valence-corrected chi connectivity index (χ0v) is 10.2. The number of benzene rings is 1. The second kappa shape index (κ2) is 5.69. The standard InChI is InChI=1S/C14H20O2/c1-10(2)13(9-14(15)16)8-12-6-4-5-11(3)7-12/h4-7,10,13H,8-9H2,1-3H3,(H,15,16). The zero-order chi connectivity index (χ0) is 12.1. The summed E-state index contributed by atoms with van der Waals surface area (Å²) in [6.07, 6.45) is 1.11. The first-order chi connectivity index (χ1) is 7.49. The Kier molecular flexibility index (Phi) is 4.53. The number of carboxylic acid groups (broad SMARTS) is 1. The summed E-state index contributed by atoms with van der Waals surface area (Å²) < 4.78 is 0. The van der Waals surface area contributed by atoms with Crippen molar-refractivity contribution in [2.45, 2.75) is 33.6 Å². The maximum absolute atomic E-state index is 10.8. The fraction of sp³-hybridized carbons (Fsp3) is 0.500. The van der Waals surface area contributed by atoms with Crippen LogP contribution in [0.3, 0.4) is 0 Å². The third kappa shape index (κ3) is 4.05. The van der Waals surface area contributed by atoms with E-state index < -0.39 is 5.97 Å². The Bertz CT molecular complexity index is 356. The quantitative estimate of drug-likeness (QED) is 0.826. The first kappa shape index (κ1) is 12.8. The number of rotatable bonds is 5. The largest absolute Gasteiger partial charge is 0.481 e. The van der Waals surface area contributed by atoms with Crippen molar-refractivity contribution in [3.8, 4) is 0 Å². The summed E-state index contributed by atoms with van der Waals surface area (Å²) in [6.45, 7) is 6.23. The van der Waals surface area contributed by atoms with Gasteiger partial charge in [-0.15, -0.1) is 0 Å². The molecule has 0 aromatic heterocycles. The molecule has 1 aromatic rings. The van der Waals surface area contributed by atoms with Crippen LogP contribution in [0.1, 0.15) is 31.4 Å². The summed E-state index contributed by atoms with van der Waals surface area (Å²) in [5.74, 6) is -0.0812. The minimum Gasteiger partial charge on any atom is -0.481 e. The van der Waals surface area contributed by atoms with Gasteiger partial charge in [0.2, 0.25) is 0 Å². The topological polar surface area (TPSA) is 37.3 Å². The third-order valence-corrected chi connectivity index (χ3v) is 2.96. The van der Waals surface area contributed by atoms with Gasteiger partial charge in [-0.3, -0.25) is 4.79 Å². The molecule has 1 atom stereocenters. The molecule has 2 heteroatoms. The van der Waals surface area contributed by atoms with Crippen molar-refractivity contribution in [2.24, 2.45) is 11.8 Å². The Morgan fingerprint density at radius 2 is 2.06 bits per heavy atom. The summed E-state index contributed by atoms with van der Waals surface area (Å²) in [7, 11) is 0. The molecule has 0 saturated carbocycles. The third-order valence-electron chi connectivity index (χ3n) is 2.96.